The molecule has 1 aliphatic rings. The van der Waals surface area contributed by atoms with Crippen LogP contribution in [-0.4, -0.2) is 31.9 Å². The van der Waals surface area contributed by atoms with Crippen LogP contribution in [0.2, 0.25) is 0 Å². The van der Waals surface area contributed by atoms with E-state index in [-0.39, 0.29) is 24.6 Å². The van der Waals surface area contributed by atoms with Crippen molar-refractivity contribution < 1.29 is 24.1 Å². The summed E-state index contributed by atoms with van der Waals surface area (Å²) in [6, 6.07) is 14.3. The van der Waals surface area contributed by atoms with Gasteiger partial charge in [0.15, 0.2) is 0 Å². The van der Waals surface area contributed by atoms with Gasteiger partial charge in [0.2, 0.25) is 0 Å². The number of ether oxygens (including phenoxy) is 3. The van der Waals surface area contributed by atoms with Crippen LogP contribution in [0, 0.1) is 5.41 Å². The van der Waals surface area contributed by atoms with Crippen molar-refractivity contribution in [3.63, 3.8) is 0 Å². The van der Waals surface area contributed by atoms with Crippen LogP contribution in [0.1, 0.15) is 61.0 Å². The number of hydrogen-bond donors (Lipinski definition) is 1. The molecule has 2 aromatic carbocycles. The second-order valence-electron chi connectivity index (χ2n) is 8.42. The molecule has 1 N–H and O–H groups in total. The lowest BCUT2D eigenvalue weighted by atomic mass is 9.73. The van der Waals surface area contributed by atoms with Crippen LogP contribution in [-0.2, 0) is 27.3 Å². The molecule has 0 spiro atoms. The number of hydrogen-bond acceptors (Lipinski definition) is 5. The molecule has 2 atom stereocenters. The van der Waals surface area contributed by atoms with E-state index in [2.05, 4.69) is 18.2 Å². The van der Waals surface area contributed by atoms with Crippen LogP contribution in [0.25, 0.3) is 0 Å². The Kier molecular flexibility index (Phi) is 7.16. The minimum atomic E-state index is -0.732. The van der Waals surface area contributed by atoms with E-state index in [0.717, 1.165) is 29.7 Å². The molecule has 2 aromatic rings. The van der Waals surface area contributed by atoms with Gasteiger partial charge >= 0.3 is 5.97 Å². The van der Waals surface area contributed by atoms with Crippen molar-refractivity contribution in [2.24, 2.45) is 5.41 Å². The molecule has 1 aliphatic carbocycles. The molecule has 2 unspecified atom stereocenters. The van der Waals surface area contributed by atoms with Crippen LogP contribution in [0.15, 0.2) is 42.5 Å². The maximum absolute atomic E-state index is 12.4. The second kappa shape index (κ2) is 9.63. The molecule has 0 fully saturated rings. The standard InChI is InChI=1S/C25H32O5/c1-25(2,24(27)29-4)22(13-14-26)19-8-7-18-9-12-23(21(18)15-19)30-16-17-5-10-20(28-3)11-6-17/h5-8,10-11,15,22-23,26H,9,12-14,16H2,1-4H3. The topological polar surface area (TPSA) is 65.0 Å². The summed E-state index contributed by atoms with van der Waals surface area (Å²) in [5.74, 6) is 0.426. The van der Waals surface area contributed by atoms with E-state index >= 15 is 0 Å². The van der Waals surface area contributed by atoms with Crippen molar-refractivity contribution in [2.75, 3.05) is 20.8 Å². The van der Waals surface area contributed by atoms with Gasteiger partial charge in [0.1, 0.15) is 5.75 Å². The molecular formula is C25H32O5. The molecule has 3 rings (SSSR count). The number of aliphatic hydroxyl groups is 1. The van der Waals surface area contributed by atoms with Crippen LogP contribution in [0.5, 0.6) is 5.75 Å². The lowest BCUT2D eigenvalue weighted by Crippen LogP contribution is -2.33. The highest BCUT2D eigenvalue weighted by Gasteiger charge is 2.39. The third-order valence-electron chi connectivity index (χ3n) is 6.21. The summed E-state index contributed by atoms with van der Waals surface area (Å²) in [6.07, 6.45) is 2.45. The Balaban J connectivity index is 1.79. The van der Waals surface area contributed by atoms with Crippen molar-refractivity contribution >= 4 is 5.97 Å². The monoisotopic (exact) mass is 412 g/mol. The molecule has 0 aliphatic heterocycles. The van der Waals surface area contributed by atoms with Crippen LogP contribution < -0.4 is 4.74 Å². The molecule has 0 radical (unpaired) electrons. The predicted molar refractivity (Wildman–Crippen MR) is 116 cm³/mol. The van der Waals surface area contributed by atoms with Crippen LogP contribution >= 0.6 is 0 Å². The molecule has 0 bridgehead atoms. The lowest BCUT2D eigenvalue weighted by Gasteiger charge is -2.32. The molecule has 0 aromatic heterocycles. The van der Waals surface area contributed by atoms with E-state index in [1.165, 1.54) is 18.2 Å². The number of benzene rings is 2. The van der Waals surface area contributed by atoms with Gasteiger partial charge in [-0.05, 0) is 67.5 Å². The lowest BCUT2D eigenvalue weighted by molar-refractivity contribution is -0.152. The smallest absolute Gasteiger partial charge is 0.311 e. The highest BCUT2D eigenvalue weighted by atomic mass is 16.5. The summed E-state index contributed by atoms with van der Waals surface area (Å²) in [6.45, 7) is 4.31. The molecule has 30 heavy (non-hydrogen) atoms. The van der Waals surface area contributed by atoms with Crippen LogP contribution in [0.3, 0.4) is 0 Å². The molecule has 5 nitrogen and oxygen atoms in total. The largest absolute Gasteiger partial charge is 0.497 e. The first-order valence-corrected chi connectivity index (χ1v) is 10.5. The predicted octanol–water partition coefficient (Wildman–Crippen LogP) is 4.56. The van der Waals surface area contributed by atoms with Crippen molar-refractivity contribution in [1.82, 2.24) is 0 Å². The summed E-state index contributed by atoms with van der Waals surface area (Å²) < 4.78 is 16.5. The first kappa shape index (κ1) is 22.3. The van der Waals surface area contributed by atoms with Gasteiger partial charge in [-0.15, -0.1) is 0 Å². The minimum Gasteiger partial charge on any atom is -0.497 e. The Labute approximate surface area is 179 Å². The fourth-order valence-electron chi connectivity index (χ4n) is 4.37. The maximum Gasteiger partial charge on any atom is 0.311 e. The number of carbonyl (C=O) groups is 1. The van der Waals surface area contributed by atoms with Gasteiger partial charge < -0.3 is 19.3 Å². The number of aliphatic hydroxyl groups excluding tert-OH is 1. The molecule has 0 saturated carbocycles. The van der Waals surface area contributed by atoms with Gasteiger partial charge in [0, 0.05) is 12.5 Å². The Morgan fingerprint density at radius 2 is 1.90 bits per heavy atom. The summed E-state index contributed by atoms with van der Waals surface area (Å²) in [5, 5.41) is 9.62. The SMILES string of the molecule is COC(=O)C(C)(C)C(CCO)c1ccc2c(c1)C(OCc1ccc(OC)cc1)CC2. The third kappa shape index (κ3) is 4.68. The van der Waals surface area contributed by atoms with E-state index in [1.54, 1.807) is 7.11 Å². The van der Waals surface area contributed by atoms with Crippen LogP contribution in [0.4, 0.5) is 0 Å². The highest BCUT2D eigenvalue weighted by Crippen LogP contribution is 2.42. The fourth-order valence-corrected chi connectivity index (χ4v) is 4.37. The zero-order chi connectivity index (χ0) is 21.7. The molecule has 162 valence electrons. The Bertz CT molecular complexity index is 856. The number of methoxy groups -OCH3 is 2. The number of aryl methyl sites for hydroxylation is 1. The van der Waals surface area contributed by atoms with Gasteiger partial charge in [-0.3, -0.25) is 4.79 Å². The molecule has 5 heteroatoms. The molecule has 0 amide bonds. The van der Waals surface area contributed by atoms with Gasteiger partial charge in [0.25, 0.3) is 0 Å². The number of rotatable bonds is 9. The van der Waals surface area contributed by atoms with Gasteiger partial charge in [-0.25, -0.2) is 0 Å². The van der Waals surface area contributed by atoms with Crippen molar-refractivity contribution in [3.05, 3.63) is 64.7 Å². The Hall–Kier alpha value is -2.37. The van der Waals surface area contributed by atoms with Gasteiger partial charge in [-0.2, -0.15) is 0 Å². The third-order valence-corrected chi connectivity index (χ3v) is 6.21. The van der Waals surface area contributed by atoms with Crippen molar-refractivity contribution in [2.45, 2.75) is 51.7 Å². The highest BCUT2D eigenvalue weighted by molar-refractivity contribution is 5.77. The Morgan fingerprint density at radius 1 is 1.17 bits per heavy atom. The van der Waals surface area contributed by atoms with Gasteiger partial charge in [0.05, 0.1) is 32.3 Å². The average Bonchev–Trinajstić information content (AvgIpc) is 3.17. The second-order valence-corrected chi connectivity index (χ2v) is 8.42. The fraction of sp³-hybridized carbons (Fsp3) is 0.480. The van der Waals surface area contributed by atoms with E-state index in [4.69, 9.17) is 14.2 Å². The summed E-state index contributed by atoms with van der Waals surface area (Å²) in [4.78, 5) is 12.4. The first-order chi connectivity index (χ1) is 14.4. The summed E-state index contributed by atoms with van der Waals surface area (Å²) in [7, 11) is 3.07. The summed E-state index contributed by atoms with van der Waals surface area (Å²) in [5.41, 5.74) is 3.88. The maximum atomic E-state index is 12.4. The van der Waals surface area contributed by atoms with Crippen molar-refractivity contribution in [3.8, 4) is 5.75 Å². The van der Waals surface area contributed by atoms with E-state index in [0.29, 0.717) is 13.0 Å². The minimum absolute atomic E-state index is 0.0135. The molecule has 0 saturated heterocycles. The molecular weight excluding hydrogens is 380 g/mol. The van der Waals surface area contributed by atoms with E-state index in [9.17, 15) is 9.90 Å². The molecule has 0 heterocycles. The Morgan fingerprint density at radius 3 is 2.53 bits per heavy atom. The number of esters is 1. The average molecular weight is 413 g/mol. The zero-order valence-corrected chi connectivity index (χ0v) is 18.3. The first-order valence-electron chi connectivity index (χ1n) is 10.5. The van der Waals surface area contributed by atoms with Gasteiger partial charge in [-0.1, -0.05) is 30.3 Å². The van der Waals surface area contributed by atoms with E-state index in [1.807, 2.05) is 38.1 Å². The normalized spacial score (nSPS) is 16.8. The summed E-state index contributed by atoms with van der Waals surface area (Å²) >= 11 is 0. The number of carbonyl (C=O) groups excluding carboxylic acids is 1. The quantitative estimate of drug-likeness (QED) is 0.612. The number of fused-ring (bicyclic) bond motifs is 1. The zero-order valence-electron chi connectivity index (χ0n) is 18.3. The van der Waals surface area contributed by atoms with E-state index < -0.39 is 5.41 Å². The van der Waals surface area contributed by atoms with Crippen molar-refractivity contribution in [1.29, 1.82) is 0 Å².